The summed E-state index contributed by atoms with van der Waals surface area (Å²) in [5.41, 5.74) is 7.97. The predicted molar refractivity (Wildman–Crippen MR) is 110 cm³/mol. The minimum Gasteiger partial charge on any atom is -0.357 e. The summed E-state index contributed by atoms with van der Waals surface area (Å²) < 4.78 is 5.44. The van der Waals surface area contributed by atoms with Crippen molar-refractivity contribution in [3.8, 4) is 11.5 Å². The second-order valence-corrected chi connectivity index (χ2v) is 7.43. The van der Waals surface area contributed by atoms with Gasteiger partial charge >= 0.3 is 0 Å². The quantitative estimate of drug-likeness (QED) is 0.679. The van der Waals surface area contributed by atoms with Gasteiger partial charge in [0, 0.05) is 25.7 Å². The van der Waals surface area contributed by atoms with Gasteiger partial charge in [-0.3, -0.25) is 0 Å². The van der Waals surface area contributed by atoms with Crippen molar-refractivity contribution in [3.63, 3.8) is 0 Å². The number of benzene rings is 1. The van der Waals surface area contributed by atoms with Gasteiger partial charge in [0.2, 0.25) is 0 Å². The lowest BCUT2D eigenvalue weighted by molar-refractivity contribution is 0.413. The molecule has 0 radical (unpaired) electrons. The van der Waals surface area contributed by atoms with E-state index in [0.29, 0.717) is 11.8 Å². The van der Waals surface area contributed by atoms with Crippen LogP contribution in [0.1, 0.15) is 30.7 Å². The van der Waals surface area contributed by atoms with Gasteiger partial charge in [-0.25, -0.2) is 4.98 Å². The SMILES string of the molecule is NCC1CCN(c2ccc(-c3nc(CCCc4ccccc4)no3)cn2)CC1. The maximum absolute atomic E-state index is 5.78. The van der Waals surface area contributed by atoms with Crippen molar-refractivity contribution in [1.29, 1.82) is 0 Å². The number of hydrogen-bond donors (Lipinski definition) is 1. The lowest BCUT2D eigenvalue weighted by Gasteiger charge is -2.32. The Hall–Kier alpha value is -2.73. The van der Waals surface area contributed by atoms with Crippen molar-refractivity contribution >= 4 is 5.82 Å². The molecule has 0 spiro atoms. The number of anilines is 1. The first-order valence-electron chi connectivity index (χ1n) is 10.1. The predicted octanol–water partition coefficient (Wildman–Crippen LogP) is 3.48. The van der Waals surface area contributed by atoms with E-state index < -0.39 is 0 Å². The van der Waals surface area contributed by atoms with E-state index in [4.69, 9.17) is 10.3 Å². The molecule has 1 aromatic carbocycles. The van der Waals surface area contributed by atoms with Crippen LogP contribution in [-0.4, -0.2) is 34.8 Å². The molecule has 6 nitrogen and oxygen atoms in total. The molecule has 3 aromatic rings. The van der Waals surface area contributed by atoms with Crippen LogP contribution in [0.15, 0.2) is 53.2 Å². The fourth-order valence-corrected chi connectivity index (χ4v) is 3.67. The molecule has 0 aliphatic carbocycles. The topological polar surface area (TPSA) is 81.1 Å². The summed E-state index contributed by atoms with van der Waals surface area (Å²) in [6, 6.07) is 14.5. The molecule has 1 fully saturated rings. The van der Waals surface area contributed by atoms with Crippen LogP contribution in [-0.2, 0) is 12.8 Å². The highest BCUT2D eigenvalue weighted by atomic mass is 16.5. The molecule has 0 bridgehead atoms. The molecule has 0 amide bonds. The van der Waals surface area contributed by atoms with Crippen LogP contribution in [0.5, 0.6) is 0 Å². The number of hydrogen-bond acceptors (Lipinski definition) is 6. The highest BCUT2D eigenvalue weighted by Gasteiger charge is 2.19. The van der Waals surface area contributed by atoms with Gasteiger partial charge in [-0.1, -0.05) is 35.5 Å². The molecule has 0 unspecified atom stereocenters. The Labute approximate surface area is 165 Å². The minimum absolute atomic E-state index is 0.538. The lowest BCUT2D eigenvalue weighted by Crippen LogP contribution is -2.36. The Kier molecular flexibility index (Phi) is 5.97. The van der Waals surface area contributed by atoms with Crippen molar-refractivity contribution in [2.75, 3.05) is 24.5 Å². The first-order chi connectivity index (χ1) is 13.8. The number of aromatic nitrogens is 3. The maximum Gasteiger partial charge on any atom is 0.259 e. The molecule has 0 atom stereocenters. The van der Waals surface area contributed by atoms with Gasteiger partial charge in [0.25, 0.3) is 5.89 Å². The zero-order valence-corrected chi connectivity index (χ0v) is 16.1. The van der Waals surface area contributed by atoms with Crippen LogP contribution < -0.4 is 10.6 Å². The number of nitrogens with zero attached hydrogens (tertiary/aromatic N) is 4. The molecule has 2 N–H and O–H groups in total. The number of aryl methyl sites for hydroxylation is 2. The second-order valence-electron chi connectivity index (χ2n) is 7.43. The molecular formula is C22H27N5O. The largest absolute Gasteiger partial charge is 0.357 e. The van der Waals surface area contributed by atoms with Gasteiger partial charge in [0.05, 0.1) is 5.56 Å². The van der Waals surface area contributed by atoms with Gasteiger partial charge in [-0.2, -0.15) is 4.98 Å². The van der Waals surface area contributed by atoms with Crippen molar-refractivity contribution in [3.05, 3.63) is 60.0 Å². The standard InChI is InChI=1S/C22H27N5O/c23-15-18-11-13-27(14-12-18)21-10-9-19(16-24-21)22-25-20(26-28-22)8-4-7-17-5-2-1-3-6-17/h1-3,5-6,9-10,16,18H,4,7-8,11-15,23H2. The monoisotopic (exact) mass is 377 g/mol. The third-order valence-electron chi connectivity index (χ3n) is 5.44. The van der Waals surface area contributed by atoms with Crippen LogP contribution in [0, 0.1) is 5.92 Å². The summed E-state index contributed by atoms with van der Waals surface area (Å²) in [5, 5.41) is 4.12. The highest BCUT2D eigenvalue weighted by molar-refractivity contribution is 5.54. The van der Waals surface area contributed by atoms with E-state index in [2.05, 4.69) is 44.3 Å². The minimum atomic E-state index is 0.538. The van der Waals surface area contributed by atoms with E-state index in [9.17, 15) is 0 Å². The van der Waals surface area contributed by atoms with E-state index >= 15 is 0 Å². The summed E-state index contributed by atoms with van der Waals surface area (Å²) in [7, 11) is 0. The third-order valence-corrected chi connectivity index (χ3v) is 5.44. The smallest absolute Gasteiger partial charge is 0.259 e. The number of rotatable bonds is 7. The molecule has 146 valence electrons. The number of piperidine rings is 1. The molecule has 28 heavy (non-hydrogen) atoms. The molecule has 2 aromatic heterocycles. The maximum atomic E-state index is 5.78. The van der Waals surface area contributed by atoms with E-state index in [0.717, 1.165) is 68.9 Å². The molecule has 0 saturated carbocycles. The Morgan fingerprint density at radius 1 is 1.04 bits per heavy atom. The molecule has 1 aliphatic rings. The van der Waals surface area contributed by atoms with E-state index in [1.54, 1.807) is 0 Å². The van der Waals surface area contributed by atoms with Crippen molar-refractivity contribution in [2.24, 2.45) is 11.7 Å². The van der Waals surface area contributed by atoms with Gasteiger partial charge in [0.1, 0.15) is 5.82 Å². The third kappa shape index (κ3) is 4.57. The van der Waals surface area contributed by atoms with E-state index in [-0.39, 0.29) is 0 Å². The lowest BCUT2D eigenvalue weighted by atomic mass is 9.97. The zero-order chi connectivity index (χ0) is 19.2. The Bertz CT molecular complexity index is 854. The number of nitrogens with two attached hydrogens (primary N) is 1. The van der Waals surface area contributed by atoms with Crippen molar-refractivity contribution in [1.82, 2.24) is 15.1 Å². The van der Waals surface area contributed by atoms with E-state index in [1.165, 1.54) is 5.56 Å². The molecular weight excluding hydrogens is 350 g/mol. The van der Waals surface area contributed by atoms with Gasteiger partial charge in [-0.05, 0) is 55.8 Å². The average molecular weight is 377 g/mol. The number of pyridine rings is 1. The van der Waals surface area contributed by atoms with Crippen molar-refractivity contribution < 1.29 is 4.52 Å². The fraction of sp³-hybridized carbons (Fsp3) is 0.409. The summed E-state index contributed by atoms with van der Waals surface area (Å²) in [6.07, 6.45) is 6.91. The molecule has 1 saturated heterocycles. The van der Waals surface area contributed by atoms with Crippen LogP contribution in [0.2, 0.25) is 0 Å². The summed E-state index contributed by atoms with van der Waals surface area (Å²) >= 11 is 0. The van der Waals surface area contributed by atoms with Gasteiger partial charge in [-0.15, -0.1) is 0 Å². The fourth-order valence-electron chi connectivity index (χ4n) is 3.67. The summed E-state index contributed by atoms with van der Waals surface area (Å²) in [5.74, 6) is 2.94. The molecule has 3 heterocycles. The van der Waals surface area contributed by atoms with Gasteiger partial charge in [0.15, 0.2) is 5.82 Å². The molecule has 6 heteroatoms. The Morgan fingerprint density at radius 2 is 1.86 bits per heavy atom. The van der Waals surface area contributed by atoms with E-state index in [1.807, 2.05) is 24.4 Å². The Morgan fingerprint density at radius 3 is 2.57 bits per heavy atom. The zero-order valence-electron chi connectivity index (χ0n) is 16.1. The highest BCUT2D eigenvalue weighted by Crippen LogP contribution is 2.23. The average Bonchev–Trinajstić information content (AvgIpc) is 3.24. The summed E-state index contributed by atoms with van der Waals surface area (Å²) in [6.45, 7) is 2.81. The van der Waals surface area contributed by atoms with Crippen LogP contribution in [0.4, 0.5) is 5.82 Å². The molecule has 4 rings (SSSR count). The second kappa shape index (κ2) is 8.97. The first kappa shape index (κ1) is 18.6. The summed E-state index contributed by atoms with van der Waals surface area (Å²) in [4.78, 5) is 11.5. The Balaban J connectivity index is 1.32. The van der Waals surface area contributed by atoms with Crippen LogP contribution in [0.3, 0.4) is 0 Å². The van der Waals surface area contributed by atoms with Crippen LogP contribution in [0.25, 0.3) is 11.5 Å². The van der Waals surface area contributed by atoms with Crippen molar-refractivity contribution in [2.45, 2.75) is 32.1 Å². The van der Waals surface area contributed by atoms with Gasteiger partial charge < -0.3 is 15.2 Å². The first-order valence-corrected chi connectivity index (χ1v) is 10.1. The normalized spacial score (nSPS) is 15.1. The van der Waals surface area contributed by atoms with Crippen LogP contribution >= 0.6 is 0 Å². The molecule has 1 aliphatic heterocycles.